The minimum absolute atomic E-state index is 0.535. The molecule has 80 valence electrons. The number of nitrogens with zero attached hydrogens (tertiary/aromatic N) is 2. The Balaban J connectivity index is 2.54. The van der Waals surface area contributed by atoms with E-state index in [1.54, 1.807) is 0 Å². The van der Waals surface area contributed by atoms with E-state index in [1.807, 2.05) is 25.0 Å². The molecule has 0 saturated carbocycles. The molecule has 1 atom stereocenters. The molecule has 1 aromatic rings. The second kappa shape index (κ2) is 5.66. The SMILES string of the molecule is CCC(C)CSc1ncc(CCl)n1C. The first-order valence-electron chi connectivity index (χ1n) is 4.88. The number of alkyl halides is 1. The zero-order chi connectivity index (χ0) is 10.6. The summed E-state index contributed by atoms with van der Waals surface area (Å²) in [6.45, 7) is 4.48. The number of aromatic nitrogens is 2. The third kappa shape index (κ3) is 2.92. The van der Waals surface area contributed by atoms with E-state index in [-0.39, 0.29) is 0 Å². The van der Waals surface area contributed by atoms with Crippen molar-refractivity contribution in [1.82, 2.24) is 9.55 Å². The predicted molar refractivity (Wildman–Crippen MR) is 62.9 cm³/mol. The van der Waals surface area contributed by atoms with E-state index < -0.39 is 0 Å². The molecular formula is C10H17ClN2S. The topological polar surface area (TPSA) is 17.8 Å². The number of hydrogen-bond donors (Lipinski definition) is 0. The van der Waals surface area contributed by atoms with Gasteiger partial charge in [-0.2, -0.15) is 0 Å². The minimum Gasteiger partial charge on any atom is -0.325 e. The smallest absolute Gasteiger partial charge is 0.167 e. The van der Waals surface area contributed by atoms with Crippen molar-refractivity contribution in [1.29, 1.82) is 0 Å². The second-order valence-corrected chi connectivity index (χ2v) is 4.80. The molecule has 1 aromatic heterocycles. The highest BCUT2D eigenvalue weighted by Gasteiger charge is 2.07. The van der Waals surface area contributed by atoms with Crippen molar-refractivity contribution in [3.8, 4) is 0 Å². The van der Waals surface area contributed by atoms with Crippen LogP contribution in [-0.4, -0.2) is 15.3 Å². The lowest BCUT2D eigenvalue weighted by atomic mass is 10.2. The van der Waals surface area contributed by atoms with E-state index in [4.69, 9.17) is 11.6 Å². The molecule has 0 aromatic carbocycles. The Morgan fingerprint density at radius 3 is 2.86 bits per heavy atom. The molecule has 14 heavy (non-hydrogen) atoms. The summed E-state index contributed by atoms with van der Waals surface area (Å²) in [5, 5.41) is 1.07. The molecule has 1 unspecified atom stereocenters. The van der Waals surface area contributed by atoms with E-state index in [1.165, 1.54) is 6.42 Å². The van der Waals surface area contributed by atoms with Gasteiger partial charge in [-0.15, -0.1) is 11.6 Å². The van der Waals surface area contributed by atoms with Crippen LogP contribution in [0.25, 0.3) is 0 Å². The Kier molecular flexibility index (Phi) is 4.82. The summed E-state index contributed by atoms with van der Waals surface area (Å²) in [6.07, 6.45) is 3.08. The highest BCUT2D eigenvalue weighted by molar-refractivity contribution is 7.99. The quantitative estimate of drug-likeness (QED) is 0.573. The summed E-state index contributed by atoms with van der Waals surface area (Å²) < 4.78 is 2.07. The van der Waals surface area contributed by atoms with Crippen molar-refractivity contribution in [2.75, 3.05) is 5.75 Å². The van der Waals surface area contributed by atoms with Crippen LogP contribution >= 0.6 is 23.4 Å². The van der Waals surface area contributed by atoms with E-state index in [0.717, 1.165) is 22.5 Å². The summed E-state index contributed by atoms with van der Waals surface area (Å²) in [5.74, 6) is 2.41. The average molecular weight is 233 g/mol. The van der Waals surface area contributed by atoms with Gasteiger partial charge in [0.2, 0.25) is 0 Å². The Labute approximate surface area is 95.1 Å². The van der Waals surface area contributed by atoms with Crippen molar-refractivity contribution in [3.63, 3.8) is 0 Å². The van der Waals surface area contributed by atoms with E-state index in [2.05, 4.69) is 23.4 Å². The van der Waals surface area contributed by atoms with Gasteiger partial charge >= 0.3 is 0 Å². The van der Waals surface area contributed by atoms with Gasteiger partial charge < -0.3 is 4.57 Å². The maximum atomic E-state index is 5.77. The second-order valence-electron chi connectivity index (χ2n) is 3.55. The first kappa shape index (κ1) is 11.9. The lowest BCUT2D eigenvalue weighted by Crippen LogP contribution is -1.99. The molecule has 0 amide bonds. The zero-order valence-electron chi connectivity index (χ0n) is 8.96. The first-order chi connectivity index (χ1) is 6.69. The lowest BCUT2D eigenvalue weighted by molar-refractivity contribution is 0.634. The van der Waals surface area contributed by atoms with Gasteiger partial charge in [-0.3, -0.25) is 0 Å². The molecule has 0 aliphatic carbocycles. The molecule has 1 heterocycles. The van der Waals surface area contributed by atoms with Crippen molar-refractivity contribution in [3.05, 3.63) is 11.9 Å². The van der Waals surface area contributed by atoms with E-state index in [0.29, 0.717) is 5.88 Å². The molecule has 0 spiro atoms. The largest absolute Gasteiger partial charge is 0.325 e. The first-order valence-corrected chi connectivity index (χ1v) is 6.40. The van der Waals surface area contributed by atoms with Crippen LogP contribution in [0.3, 0.4) is 0 Å². The molecule has 0 saturated heterocycles. The Hall–Kier alpha value is -0.150. The monoisotopic (exact) mass is 232 g/mol. The number of halogens is 1. The number of hydrogen-bond acceptors (Lipinski definition) is 2. The fourth-order valence-electron chi connectivity index (χ4n) is 1.02. The van der Waals surface area contributed by atoms with Gasteiger partial charge in [-0.25, -0.2) is 4.98 Å². The summed E-state index contributed by atoms with van der Waals surface area (Å²) in [4.78, 5) is 4.33. The van der Waals surface area contributed by atoms with Crippen LogP contribution in [0.15, 0.2) is 11.4 Å². The fourth-order valence-corrected chi connectivity index (χ4v) is 2.37. The summed E-state index contributed by atoms with van der Waals surface area (Å²) in [6, 6.07) is 0. The molecule has 0 radical (unpaired) electrons. The Morgan fingerprint density at radius 1 is 1.64 bits per heavy atom. The van der Waals surface area contributed by atoms with Crippen LogP contribution in [0.4, 0.5) is 0 Å². The maximum absolute atomic E-state index is 5.77. The molecule has 0 aliphatic rings. The highest BCUT2D eigenvalue weighted by atomic mass is 35.5. The van der Waals surface area contributed by atoms with Gasteiger partial charge in [-0.1, -0.05) is 32.0 Å². The zero-order valence-corrected chi connectivity index (χ0v) is 10.5. The number of rotatable bonds is 5. The molecule has 0 fully saturated rings. The molecule has 1 rings (SSSR count). The highest BCUT2D eigenvalue weighted by Crippen LogP contribution is 2.21. The van der Waals surface area contributed by atoms with Crippen LogP contribution in [-0.2, 0) is 12.9 Å². The van der Waals surface area contributed by atoms with Crippen LogP contribution in [0.2, 0.25) is 0 Å². The number of imidazole rings is 1. The normalized spacial score (nSPS) is 13.1. The van der Waals surface area contributed by atoms with E-state index >= 15 is 0 Å². The molecule has 0 bridgehead atoms. The Morgan fingerprint density at radius 2 is 2.36 bits per heavy atom. The van der Waals surface area contributed by atoms with Gasteiger partial charge in [-0.05, 0) is 5.92 Å². The standard InChI is InChI=1S/C10H17ClN2S/c1-4-8(2)7-14-10-12-6-9(5-11)13(10)3/h6,8H,4-5,7H2,1-3H3. The molecule has 0 aliphatic heterocycles. The van der Waals surface area contributed by atoms with Crippen molar-refractivity contribution < 1.29 is 0 Å². The molecule has 0 N–H and O–H groups in total. The van der Waals surface area contributed by atoms with Gasteiger partial charge in [0.1, 0.15) is 0 Å². The average Bonchev–Trinajstić information content (AvgIpc) is 2.56. The summed E-state index contributed by atoms with van der Waals surface area (Å²) in [5.41, 5.74) is 1.08. The Bertz CT molecular complexity index is 286. The summed E-state index contributed by atoms with van der Waals surface area (Å²) >= 11 is 7.57. The predicted octanol–water partition coefficient (Wildman–Crippen LogP) is 3.30. The van der Waals surface area contributed by atoms with Crippen LogP contribution in [0, 0.1) is 5.92 Å². The minimum atomic E-state index is 0.535. The lowest BCUT2D eigenvalue weighted by Gasteiger charge is -2.07. The van der Waals surface area contributed by atoms with Crippen LogP contribution < -0.4 is 0 Å². The third-order valence-corrected chi connectivity index (χ3v) is 4.02. The molecular weight excluding hydrogens is 216 g/mol. The van der Waals surface area contributed by atoms with Crippen LogP contribution in [0.5, 0.6) is 0 Å². The van der Waals surface area contributed by atoms with Crippen LogP contribution in [0.1, 0.15) is 26.0 Å². The van der Waals surface area contributed by atoms with Gasteiger partial charge in [0.05, 0.1) is 17.8 Å². The van der Waals surface area contributed by atoms with Crippen molar-refractivity contribution in [2.24, 2.45) is 13.0 Å². The van der Waals surface area contributed by atoms with E-state index in [9.17, 15) is 0 Å². The summed E-state index contributed by atoms with van der Waals surface area (Å²) in [7, 11) is 2.02. The maximum Gasteiger partial charge on any atom is 0.167 e. The molecule has 2 nitrogen and oxygen atoms in total. The molecule has 4 heteroatoms. The van der Waals surface area contributed by atoms with Crippen molar-refractivity contribution >= 4 is 23.4 Å². The van der Waals surface area contributed by atoms with Gasteiger partial charge in [0.15, 0.2) is 5.16 Å². The fraction of sp³-hybridized carbons (Fsp3) is 0.700. The third-order valence-electron chi connectivity index (χ3n) is 2.37. The van der Waals surface area contributed by atoms with Crippen molar-refractivity contribution in [2.45, 2.75) is 31.3 Å². The number of thioether (sulfide) groups is 1. The van der Waals surface area contributed by atoms with Gasteiger partial charge in [0, 0.05) is 12.8 Å². The van der Waals surface area contributed by atoms with Gasteiger partial charge in [0.25, 0.3) is 0 Å².